The number of nitrogens with one attached hydrogen (secondary N) is 3. The summed E-state index contributed by atoms with van der Waals surface area (Å²) in [6.07, 6.45) is 16.7. The number of unbranched alkanes of at least 4 members (excludes halogenated alkanes) is 5. The molecular weight excluding hydrogens is 534 g/mol. The quantitative estimate of drug-likeness (QED) is 0.161. The molecule has 1 heterocycles. The summed E-state index contributed by atoms with van der Waals surface area (Å²) >= 11 is 0. The molecule has 242 valence electrons. The number of esters is 1. The lowest BCUT2D eigenvalue weighted by molar-refractivity contribution is -0.304. The van der Waals surface area contributed by atoms with E-state index in [1.165, 1.54) is 38.5 Å². The molecule has 3 N–H and O–H groups in total. The van der Waals surface area contributed by atoms with Gasteiger partial charge in [0, 0.05) is 17.5 Å². The first-order valence-corrected chi connectivity index (χ1v) is 16.8. The number of hydrogen-bond acceptors (Lipinski definition) is 6. The van der Waals surface area contributed by atoms with Crippen LogP contribution in [-0.4, -0.2) is 60.6 Å². The van der Waals surface area contributed by atoms with Gasteiger partial charge < -0.3 is 30.2 Å². The second kappa shape index (κ2) is 16.3. The molecule has 3 aliphatic rings. The van der Waals surface area contributed by atoms with Gasteiger partial charge >= 0.3 is 12.0 Å². The maximum absolute atomic E-state index is 13.3. The van der Waals surface area contributed by atoms with Crippen molar-refractivity contribution >= 4 is 17.9 Å². The first-order chi connectivity index (χ1) is 20.0. The normalized spacial score (nSPS) is 26.5. The van der Waals surface area contributed by atoms with Crippen LogP contribution in [0.3, 0.4) is 0 Å². The Morgan fingerprint density at radius 2 is 1.57 bits per heavy atom. The van der Waals surface area contributed by atoms with Crippen LogP contribution in [0.5, 0.6) is 0 Å². The van der Waals surface area contributed by atoms with Crippen LogP contribution in [0, 0.1) is 5.41 Å². The molecule has 2 aliphatic carbocycles. The summed E-state index contributed by atoms with van der Waals surface area (Å²) in [5, 5.41) is 9.40. The number of carbonyl (C=O) groups is 3. The minimum atomic E-state index is -0.837. The summed E-state index contributed by atoms with van der Waals surface area (Å²) in [6.45, 7) is 10.3. The van der Waals surface area contributed by atoms with Gasteiger partial charge in [0.15, 0.2) is 5.79 Å². The van der Waals surface area contributed by atoms with Gasteiger partial charge in [0.1, 0.15) is 12.2 Å². The Hall–Kier alpha value is -1.87. The number of ether oxygens (including phenoxy) is 3. The molecule has 3 fully saturated rings. The third kappa shape index (κ3) is 11.0. The Balaban J connectivity index is 1.45. The molecule has 0 aromatic carbocycles. The minimum absolute atomic E-state index is 0.0650. The predicted molar refractivity (Wildman–Crippen MR) is 164 cm³/mol. The number of urea groups is 1. The third-order valence-electron chi connectivity index (χ3n) is 9.27. The maximum Gasteiger partial charge on any atom is 0.315 e. The summed E-state index contributed by atoms with van der Waals surface area (Å²) in [6, 6.07) is -0.337. The standard InChI is InChI=1S/C33H59N3O6/c1-6-7-8-9-10-14-20-33(21-15-11-16-22-33)36-30(39)35-25-17-12-13-18-26(25)41-27(37)19-23-34-29(38)28-31(2,3)24-40-32(4,5)42-28/h25-26,28H,6-24H2,1-5H3,(H,34,38)(H2,35,36,39). The molecule has 2 saturated carbocycles. The molecule has 1 aliphatic heterocycles. The fourth-order valence-electron chi connectivity index (χ4n) is 6.69. The zero-order valence-electron chi connectivity index (χ0n) is 27.1. The highest BCUT2D eigenvalue weighted by atomic mass is 16.7. The van der Waals surface area contributed by atoms with E-state index in [0.29, 0.717) is 6.61 Å². The zero-order valence-corrected chi connectivity index (χ0v) is 27.1. The molecule has 9 nitrogen and oxygen atoms in total. The topological polar surface area (TPSA) is 115 Å². The molecule has 0 bridgehead atoms. The van der Waals surface area contributed by atoms with E-state index in [9.17, 15) is 14.4 Å². The molecular formula is C33H59N3O6. The van der Waals surface area contributed by atoms with Crippen molar-refractivity contribution in [3.63, 3.8) is 0 Å². The fraction of sp³-hybridized carbons (Fsp3) is 0.909. The van der Waals surface area contributed by atoms with Crippen LogP contribution in [0.4, 0.5) is 4.79 Å². The van der Waals surface area contributed by atoms with Crippen molar-refractivity contribution in [2.75, 3.05) is 13.2 Å². The molecule has 1 saturated heterocycles. The Kier molecular flexibility index (Phi) is 13.4. The predicted octanol–water partition coefficient (Wildman–Crippen LogP) is 6.28. The maximum atomic E-state index is 13.3. The van der Waals surface area contributed by atoms with Gasteiger partial charge in [-0.25, -0.2) is 4.79 Å². The Bertz CT molecular complexity index is 870. The molecule has 0 radical (unpaired) electrons. The van der Waals surface area contributed by atoms with Crippen molar-refractivity contribution in [2.45, 2.75) is 173 Å². The number of carbonyl (C=O) groups excluding carboxylic acids is 3. The van der Waals surface area contributed by atoms with E-state index in [2.05, 4.69) is 22.9 Å². The molecule has 3 unspecified atom stereocenters. The third-order valence-corrected chi connectivity index (χ3v) is 9.27. The smallest absolute Gasteiger partial charge is 0.315 e. The van der Waals surface area contributed by atoms with E-state index in [-0.39, 0.29) is 48.6 Å². The number of amides is 3. The van der Waals surface area contributed by atoms with Gasteiger partial charge in [-0.05, 0) is 52.4 Å². The highest BCUT2D eigenvalue weighted by Crippen LogP contribution is 2.35. The molecule has 9 heteroatoms. The highest BCUT2D eigenvalue weighted by molar-refractivity contribution is 5.82. The van der Waals surface area contributed by atoms with Gasteiger partial charge in [-0.15, -0.1) is 0 Å². The van der Waals surface area contributed by atoms with E-state index >= 15 is 0 Å². The second-order valence-corrected chi connectivity index (χ2v) is 14.1. The van der Waals surface area contributed by atoms with Crippen molar-refractivity contribution in [2.24, 2.45) is 5.41 Å². The monoisotopic (exact) mass is 593 g/mol. The van der Waals surface area contributed by atoms with Gasteiger partial charge in [-0.3, -0.25) is 9.59 Å². The Morgan fingerprint density at radius 1 is 0.881 bits per heavy atom. The van der Waals surface area contributed by atoms with Gasteiger partial charge in [0.05, 0.1) is 19.1 Å². The van der Waals surface area contributed by atoms with Crippen molar-refractivity contribution in [3.8, 4) is 0 Å². The van der Waals surface area contributed by atoms with Crippen LogP contribution >= 0.6 is 0 Å². The largest absolute Gasteiger partial charge is 0.460 e. The average Bonchev–Trinajstić information content (AvgIpc) is 2.93. The number of hydrogen-bond donors (Lipinski definition) is 3. The Morgan fingerprint density at radius 3 is 2.31 bits per heavy atom. The lowest BCUT2D eigenvalue weighted by atomic mass is 9.78. The van der Waals surface area contributed by atoms with E-state index in [0.717, 1.165) is 64.2 Å². The van der Waals surface area contributed by atoms with Gasteiger partial charge in [0.2, 0.25) is 5.91 Å². The van der Waals surface area contributed by atoms with Gasteiger partial charge in [-0.2, -0.15) is 0 Å². The van der Waals surface area contributed by atoms with E-state index in [1.54, 1.807) is 13.8 Å². The van der Waals surface area contributed by atoms with Crippen molar-refractivity contribution in [1.29, 1.82) is 0 Å². The van der Waals surface area contributed by atoms with E-state index in [4.69, 9.17) is 14.2 Å². The zero-order chi connectivity index (χ0) is 30.6. The first-order valence-electron chi connectivity index (χ1n) is 16.8. The molecule has 0 spiro atoms. The van der Waals surface area contributed by atoms with E-state index in [1.807, 2.05) is 13.8 Å². The van der Waals surface area contributed by atoms with Crippen LogP contribution < -0.4 is 16.0 Å². The summed E-state index contributed by atoms with van der Waals surface area (Å²) in [4.78, 5) is 38.9. The SMILES string of the molecule is CCCCCCCCC1(NC(=O)NC2CCCCC2OC(=O)CCNC(=O)C2OC(C)(C)OCC2(C)C)CCCCC1. The van der Waals surface area contributed by atoms with Gasteiger partial charge in [-0.1, -0.05) is 85.0 Å². The molecule has 0 aromatic heterocycles. The highest BCUT2D eigenvalue weighted by Gasteiger charge is 2.45. The Labute approximate surface area is 254 Å². The minimum Gasteiger partial charge on any atom is -0.460 e. The summed E-state index contributed by atoms with van der Waals surface area (Å²) < 4.78 is 17.4. The first kappa shape index (κ1) is 34.6. The summed E-state index contributed by atoms with van der Waals surface area (Å²) in [5.74, 6) is -1.46. The summed E-state index contributed by atoms with van der Waals surface area (Å²) in [5.41, 5.74) is -0.601. The van der Waals surface area contributed by atoms with Crippen molar-refractivity contribution < 1.29 is 28.6 Å². The van der Waals surface area contributed by atoms with Crippen molar-refractivity contribution in [1.82, 2.24) is 16.0 Å². The molecule has 3 atom stereocenters. The van der Waals surface area contributed by atoms with Crippen molar-refractivity contribution in [3.05, 3.63) is 0 Å². The van der Waals surface area contributed by atoms with E-state index < -0.39 is 17.3 Å². The summed E-state index contributed by atoms with van der Waals surface area (Å²) in [7, 11) is 0. The molecule has 42 heavy (non-hydrogen) atoms. The molecule has 3 amide bonds. The molecule has 3 rings (SSSR count). The van der Waals surface area contributed by atoms with Crippen LogP contribution in [0.2, 0.25) is 0 Å². The lowest BCUT2D eigenvalue weighted by Gasteiger charge is -2.44. The van der Waals surface area contributed by atoms with Gasteiger partial charge in [0.25, 0.3) is 0 Å². The van der Waals surface area contributed by atoms with Crippen LogP contribution in [0.25, 0.3) is 0 Å². The second-order valence-electron chi connectivity index (χ2n) is 14.1. The molecule has 0 aromatic rings. The fourth-order valence-corrected chi connectivity index (χ4v) is 6.69. The lowest BCUT2D eigenvalue weighted by Crippen LogP contribution is -2.57. The van der Waals surface area contributed by atoms with Crippen LogP contribution in [-0.2, 0) is 23.8 Å². The van der Waals surface area contributed by atoms with Crippen LogP contribution in [0.1, 0.15) is 144 Å². The average molecular weight is 594 g/mol. The van der Waals surface area contributed by atoms with Crippen LogP contribution in [0.15, 0.2) is 0 Å². The number of rotatable bonds is 14.